The predicted octanol–water partition coefficient (Wildman–Crippen LogP) is 3.66. The summed E-state index contributed by atoms with van der Waals surface area (Å²) in [6, 6.07) is 12.1. The molecule has 2 aliphatic heterocycles. The summed E-state index contributed by atoms with van der Waals surface area (Å²) in [7, 11) is -2.08. The molecule has 34 heteroatoms. The number of aromatic nitrogens is 6. The largest absolute Gasteiger partial charge is 0.790 e. The van der Waals surface area contributed by atoms with Gasteiger partial charge in [-0.15, -0.1) is 0 Å². The van der Waals surface area contributed by atoms with Crippen molar-refractivity contribution in [3.63, 3.8) is 0 Å². The maximum Gasteiger partial charge on any atom is 0.273 e. The van der Waals surface area contributed by atoms with E-state index in [0.717, 1.165) is 22.2 Å². The fourth-order valence-electron chi connectivity index (χ4n) is 7.37. The van der Waals surface area contributed by atoms with Crippen LogP contribution in [0.25, 0.3) is 0 Å². The summed E-state index contributed by atoms with van der Waals surface area (Å²) in [5.74, 6) is -1.61. The van der Waals surface area contributed by atoms with Crippen molar-refractivity contribution in [1.29, 1.82) is 0 Å². The molecule has 0 fully saturated rings. The number of phosphoric acid groups is 2. The number of halogens is 2. The van der Waals surface area contributed by atoms with Gasteiger partial charge in [0.1, 0.15) is 25.1 Å². The first-order valence-electron chi connectivity index (χ1n) is 22.8. The van der Waals surface area contributed by atoms with E-state index in [9.17, 15) is 47.1 Å². The van der Waals surface area contributed by atoms with Crippen molar-refractivity contribution in [2.45, 2.75) is 38.9 Å². The zero-order valence-electron chi connectivity index (χ0n) is 43.8. The summed E-state index contributed by atoms with van der Waals surface area (Å²) in [4.78, 5) is 96.1. The van der Waals surface area contributed by atoms with Gasteiger partial charge in [0.2, 0.25) is 23.4 Å². The third-order valence-electron chi connectivity index (χ3n) is 11.0. The lowest BCUT2D eigenvalue weighted by molar-refractivity contribution is -0.343. The molecule has 0 unspecified atom stereocenters. The maximum absolute atomic E-state index is 14.7. The Morgan fingerprint density at radius 2 is 0.875 bits per heavy atom. The fraction of sp³-hybridized carbons (Fsp3) is 0.304. The molecule has 6 aromatic rings. The number of hydrogen-bond acceptors (Lipinski definition) is 28. The molecule has 0 spiro atoms. The Balaban J connectivity index is 0.000000231. The van der Waals surface area contributed by atoms with Gasteiger partial charge in [-0.05, 0) is 52.0 Å². The van der Waals surface area contributed by atoms with Crippen LogP contribution in [0.15, 0.2) is 60.9 Å². The summed E-state index contributed by atoms with van der Waals surface area (Å²) in [6.07, 6.45) is 1.84. The molecule has 6 heterocycles. The second-order valence-corrected chi connectivity index (χ2v) is 19.6. The molecule has 4 aromatic heterocycles. The van der Waals surface area contributed by atoms with Crippen molar-refractivity contribution < 1.29 is 94.0 Å². The first-order valence-corrected chi connectivity index (χ1v) is 25.7. The number of nitrogens with zero attached hydrogens (tertiary/aromatic N) is 8. The van der Waals surface area contributed by atoms with Crippen LogP contribution in [0.2, 0.25) is 0 Å². The third-order valence-corrected chi connectivity index (χ3v) is 11.8. The van der Waals surface area contributed by atoms with E-state index in [1.807, 2.05) is 0 Å². The molecule has 80 heavy (non-hydrogen) atoms. The van der Waals surface area contributed by atoms with Gasteiger partial charge in [0, 0.05) is 35.6 Å². The van der Waals surface area contributed by atoms with Crippen LogP contribution in [0.3, 0.4) is 0 Å². The van der Waals surface area contributed by atoms with Gasteiger partial charge in [0.05, 0.1) is 70.7 Å². The lowest BCUT2D eigenvalue weighted by Crippen LogP contribution is -2.53. The molecule has 0 saturated heterocycles. The first kappa shape index (κ1) is 59.2. The van der Waals surface area contributed by atoms with E-state index >= 15 is 0 Å². The number of pyridine rings is 2. The molecule has 2 aliphatic rings. The standard InChI is InChI=1S/2C23H26FN6O9P/c2*1-23(2)21(31)30(11-38-40(32,33)34)20-14(39-23)6-7-17(28-20)27-19-13(24)10-25-22(29-19)26-12-8-15(35-3)18(37-5)16(9-12)36-4/h2*6-10H,11H2,1-5H3,(H2,32,33,34)(H2,25,26,27,28,29)/p-4. The zero-order valence-corrected chi connectivity index (χ0v) is 45.6. The van der Waals surface area contributed by atoms with Crippen LogP contribution in [0.5, 0.6) is 46.0 Å². The zero-order chi connectivity index (χ0) is 58.5. The lowest BCUT2D eigenvalue weighted by atomic mass is 10.1. The molecule has 0 bridgehead atoms. The van der Waals surface area contributed by atoms with E-state index in [2.05, 4.69) is 60.2 Å². The summed E-state index contributed by atoms with van der Waals surface area (Å²) in [5.41, 5.74) is -1.92. The van der Waals surface area contributed by atoms with Crippen molar-refractivity contribution in [2.75, 3.05) is 87.2 Å². The van der Waals surface area contributed by atoms with Crippen molar-refractivity contribution in [3.05, 3.63) is 72.6 Å². The number of rotatable bonds is 20. The minimum Gasteiger partial charge on any atom is -0.790 e. The number of benzene rings is 2. The highest BCUT2D eigenvalue weighted by molar-refractivity contribution is 7.43. The van der Waals surface area contributed by atoms with E-state index in [4.69, 9.17) is 37.9 Å². The lowest BCUT2D eigenvalue weighted by Gasteiger charge is -2.39. The summed E-state index contributed by atoms with van der Waals surface area (Å²) >= 11 is 0. The number of methoxy groups -OCH3 is 6. The Morgan fingerprint density at radius 3 is 1.18 bits per heavy atom. The topological polar surface area (TPSA) is 385 Å². The van der Waals surface area contributed by atoms with Gasteiger partial charge in [-0.3, -0.25) is 19.4 Å². The van der Waals surface area contributed by atoms with E-state index in [1.165, 1.54) is 94.6 Å². The number of nitrogens with one attached hydrogen (secondary N) is 4. The first-order chi connectivity index (χ1) is 37.7. The number of ether oxygens (including phenoxy) is 8. The van der Waals surface area contributed by atoms with Gasteiger partial charge in [-0.25, -0.2) is 28.7 Å². The van der Waals surface area contributed by atoms with Gasteiger partial charge >= 0.3 is 0 Å². The Kier molecular flexibility index (Phi) is 17.7. The Hall–Kier alpha value is -8.48. The SMILES string of the molecule is COc1cc(Nc2ncc(F)c(Nc3ccc4c(n3)N(COP(=O)([O-])[O-])C(=O)C(C)(C)O4)n2)cc(OC)c1OC.COc1cc(Nc2ncc(F)c(Nc3ccc4c(n3)N(COP(=O)([O-])[O-])C(=O)C(C)(C)O4)n2)cc(OC)c1OC. The number of anilines is 10. The van der Waals surface area contributed by atoms with E-state index in [0.29, 0.717) is 45.9 Å². The molecular weight excluding hydrogens is 1110 g/mol. The van der Waals surface area contributed by atoms with Crippen molar-refractivity contribution in [3.8, 4) is 46.0 Å². The van der Waals surface area contributed by atoms with Gasteiger partial charge in [-0.2, -0.15) is 9.97 Å². The average Bonchev–Trinajstić information content (AvgIpc) is 3.40. The fourth-order valence-corrected chi connectivity index (χ4v) is 7.88. The van der Waals surface area contributed by atoms with E-state index in [1.54, 1.807) is 24.3 Å². The quantitative estimate of drug-likeness (QED) is 0.0792. The van der Waals surface area contributed by atoms with Crippen LogP contribution in [-0.4, -0.2) is 109 Å². The second kappa shape index (κ2) is 23.9. The minimum atomic E-state index is -5.41. The number of amides is 2. The van der Waals surface area contributed by atoms with Crippen LogP contribution in [0.4, 0.5) is 67.0 Å². The summed E-state index contributed by atoms with van der Waals surface area (Å²) in [5, 5.41) is 11.2. The van der Waals surface area contributed by atoms with Crippen LogP contribution < -0.4 is 88.5 Å². The highest BCUT2D eigenvalue weighted by Crippen LogP contribution is 2.44. The number of fused-ring (bicyclic) bond motifs is 2. The third kappa shape index (κ3) is 13.8. The highest BCUT2D eigenvalue weighted by atomic mass is 31.2. The Labute approximate surface area is 453 Å². The number of hydrogen-bond donors (Lipinski definition) is 4. The molecule has 0 aliphatic carbocycles. The monoisotopic (exact) mass is 1160 g/mol. The predicted molar refractivity (Wildman–Crippen MR) is 269 cm³/mol. The molecular formula is C46H48F2N12O18P2-4. The van der Waals surface area contributed by atoms with Crippen molar-refractivity contribution in [2.24, 2.45) is 0 Å². The van der Waals surface area contributed by atoms with Gasteiger partial charge < -0.3 is 96.9 Å². The molecule has 4 N–H and O–H groups in total. The molecule has 0 radical (unpaired) electrons. The van der Waals surface area contributed by atoms with Crippen LogP contribution in [0.1, 0.15) is 27.7 Å². The van der Waals surface area contributed by atoms with Gasteiger partial charge in [0.25, 0.3) is 11.8 Å². The molecule has 8 rings (SSSR count). The maximum atomic E-state index is 14.7. The van der Waals surface area contributed by atoms with Crippen LogP contribution >= 0.6 is 15.6 Å². The van der Waals surface area contributed by atoms with Crippen molar-refractivity contribution >= 4 is 85.6 Å². The minimum absolute atomic E-state index is 0.00335. The molecule has 2 amide bonds. The molecule has 0 atom stereocenters. The number of phosphoric ester groups is 2. The normalized spacial score (nSPS) is 14.2. The second-order valence-electron chi connectivity index (χ2n) is 17.2. The van der Waals surface area contributed by atoms with E-state index in [-0.39, 0.29) is 58.3 Å². The number of carbonyl (C=O) groups excluding carboxylic acids is 2. The molecule has 428 valence electrons. The van der Waals surface area contributed by atoms with E-state index < -0.39 is 63.8 Å². The molecule has 0 saturated carbocycles. The summed E-state index contributed by atoms with van der Waals surface area (Å²) in [6.45, 7) is 3.94. The van der Waals surface area contributed by atoms with Gasteiger partial charge in [-0.1, -0.05) is 0 Å². The summed E-state index contributed by atoms with van der Waals surface area (Å²) < 4.78 is 103. The van der Waals surface area contributed by atoms with Crippen LogP contribution in [-0.2, 0) is 27.8 Å². The smallest absolute Gasteiger partial charge is 0.273 e. The average molecular weight is 1160 g/mol. The highest BCUT2D eigenvalue weighted by Gasteiger charge is 2.43. The number of carbonyl (C=O) groups is 2. The molecule has 30 nitrogen and oxygen atoms in total. The Morgan fingerprint density at radius 1 is 0.537 bits per heavy atom. The molecule has 2 aromatic carbocycles. The van der Waals surface area contributed by atoms with Crippen molar-refractivity contribution in [1.82, 2.24) is 29.9 Å². The van der Waals surface area contributed by atoms with Gasteiger partial charge in [0.15, 0.2) is 80.6 Å². The van der Waals surface area contributed by atoms with Crippen LogP contribution in [0, 0.1) is 11.6 Å². The Bertz CT molecular complexity index is 3140.